The van der Waals surface area contributed by atoms with E-state index in [4.69, 9.17) is 32.5 Å². The largest absolute Gasteiger partial charge is 0.481 e. The van der Waals surface area contributed by atoms with Gasteiger partial charge in [-0.1, -0.05) is 84.9 Å². The summed E-state index contributed by atoms with van der Waals surface area (Å²) in [6.07, 6.45) is 1.31. The quantitative estimate of drug-likeness (QED) is 0.0831. The molecule has 47 heavy (non-hydrogen) atoms. The molecule has 0 saturated heterocycles. The summed E-state index contributed by atoms with van der Waals surface area (Å²) < 4.78 is 4.15. The summed E-state index contributed by atoms with van der Waals surface area (Å²) in [5.41, 5.74) is 20.0. The van der Waals surface area contributed by atoms with Crippen molar-refractivity contribution in [3.05, 3.63) is 96.1 Å². The third-order valence-corrected chi connectivity index (χ3v) is 5.78. The smallest absolute Gasteiger partial charge is 0.320 e. The SMILES string of the molecule is NCCC[C@H](N)C(=O)O.NCCc1ccccc1.O=C(O)CCC(=O)OC(=O)CCC(=O)O.O=Cc1ccc(-c2ccccc2)cc1. The number of aliphatic carboxylic acids is 3. The van der Waals surface area contributed by atoms with Gasteiger partial charge in [0.25, 0.3) is 0 Å². The van der Waals surface area contributed by atoms with Gasteiger partial charge in [-0.3, -0.25) is 28.8 Å². The minimum absolute atomic E-state index is 0.409. The molecule has 0 saturated carbocycles. The van der Waals surface area contributed by atoms with Gasteiger partial charge in [-0.15, -0.1) is 0 Å². The Labute approximate surface area is 273 Å². The van der Waals surface area contributed by atoms with Crippen LogP contribution in [0.15, 0.2) is 84.9 Å². The maximum absolute atomic E-state index is 10.7. The van der Waals surface area contributed by atoms with E-state index in [9.17, 15) is 28.8 Å². The molecule has 9 N–H and O–H groups in total. The minimum Gasteiger partial charge on any atom is -0.481 e. The van der Waals surface area contributed by atoms with Crippen LogP contribution in [0.5, 0.6) is 0 Å². The van der Waals surface area contributed by atoms with Crippen molar-refractivity contribution < 1.29 is 48.8 Å². The molecule has 0 fully saturated rings. The van der Waals surface area contributed by atoms with E-state index in [0.29, 0.717) is 24.9 Å². The highest BCUT2D eigenvalue weighted by atomic mass is 16.6. The van der Waals surface area contributed by atoms with Crippen LogP contribution in [0.25, 0.3) is 11.1 Å². The van der Waals surface area contributed by atoms with Crippen LogP contribution in [-0.4, -0.2) is 70.6 Å². The highest BCUT2D eigenvalue weighted by Crippen LogP contribution is 2.18. The summed E-state index contributed by atoms with van der Waals surface area (Å²) >= 11 is 0. The van der Waals surface area contributed by atoms with Crippen LogP contribution < -0.4 is 17.2 Å². The number of carbonyl (C=O) groups is 6. The summed E-state index contributed by atoms with van der Waals surface area (Å²) in [4.78, 5) is 62.1. The van der Waals surface area contributed by atoms with Crippen molar-refractivity contribution in [2.75, 3.05) is 13.1 Å². The number of carboxylic acid groups (broad SMARTS) is 3. The van der Waals surface area contributed by atoms with E-state index >= 15 is 0 Å². The number of hydrogen-bond acceptors (Lipinski definition) is 10. The maximum Gasteiger partial charge on any atom is 0.320 e. The fourth-order valence-corrected chi connectivity index (χ4v) is 3.30. The van der Waals surface area contributed by atoms with Gasteiger partial charge in [0.15, 0.2) is 0 Å². The van der Waals surface area contributed by atoms with Crippen molar-refractivity contribution in [3.8, 4) is 11.1 Å². The first-order chi connectivity index (χ1) is 22.4. The van der Waals surface area contributed by atoms with Gasteiger partial charge in [0, 0.05) is 5.56 Å². The molecule has 1 atom stereocenters. The van der Waals surface area contributed by atoms with Crippen LogP contribution in [0, 0.1) is 0 Å². The second-order valence-corrected chi connectivity index (χ2v) is 9.64. The number of nitrogens with two attached hydrogens (primary N) is 3. The van der Waals surface area contributed by atoms with Gasteiger partial charge in [0.2, 0.25) is 0 Å². The molecule has 13 heteroatoms. The Balaban J connectivity index is 0.000000616. The fourth-order valence-electron chi connectivity index (χ4n) is 3.30. The number of hydrogen-bond donors (Lipinski definition) is 6. The van der Waals surface area contributed by atoms with Gasteiger partial charge in [0.1, 0.15) is 12.3 Å². The third-order valence-electron chi connectivity index (χ3n) is 5.78. The Morgan fingerprint density at radius 1 is 0.660 bits per heavy atom. The Bertz CT molecular complexity index is 1320. The van der Waals surface area contributed by atoms with Gasteiger partial charge in [0.05, 0.1) is 25.7 Å². The van der Waals surface area contributed by atoms with Gasteiger partial charge in [-0.05, 0) is 49.0 Å². The van der Waals surface area contributed by atoms with E-state index in [-0.39, 0.29) is 0 Å². The number of carboxylic acids is 3. The molecule has 0 amide bonds. The topological polar surface area (TPSA) is 250 Å². The predicted octanol–water partition coefficient (Wildman–Crippen LogP) is 3.28. The molecule has 0 spiro atoms. The van der Waals surface area contributed by atoms with Crippen molar-refractivity contribution in [2.24, 2.45) is 17.2 Å². The van der Waals surface area contributed by atoms with E-state index in [1.165, 1.54) is 11.1 Å². The normalized spacial score (nSPS) is 10.2. The van der Waals surface area contributed by atoms with E-state index in [1.807, 2.05) is 60.7 Å². The van der Waals surface area contributed by atoms with Crippen molar-refractivity contribution in [1.82, 2.24) is 0 Å². The standard InChI is InChI=1S/C13H10O.C8H11N.C8H10O7.C5H12N2O2/c14-10-11-6-8-13(9-7-11)12-4-2-1-3-5-12;9-7-6-8-4-2-1-3-5-8;9-5(10)1-3-7(13)15-8(14)4-2-6(11)12;6-3-1-2-4(7)5(8)9/h1-10H;1-5H,6-7,9H2;1-4H2,(H,9,10)(H,11,12);4H,1-3,6-7H2,(H,8,9)/t;;;4-/m...0/s1. The summed E-state index contributed by atoms with van der Waals surface area (Å²) in [7, 11) is 0. The number of ether oxygens (including phenoxy) is 1. The maximum atomic E-state index is 10.7. The van der Waals surface area contributed by atoms with Crippen molar-refractivity contribution >= 4 is 36.1 Å². The molecule has 0 heterocycles. The fraction of sp³-hybridized carbons (Fsp3) is 0.294. The Hall–Kier alpha value is -5.24. The molecule has 13 nitrogen and oxygen atoms in total. The Morgan fingerprint density at radius 3 is 1.53 bits per heavy atom. The number of esters is 2. The average Bonchev–Trinajstić information content (AvgIpc) is 3.07. The van der Waals surface area contributed by atoms with Crippen LogP contribution >= 0.6 is 0 Å². The molecule has 3 aromatic carbocycles. The lowest BCUT2D eigenvalue weighted by molar-refractivity contribution is -0.162. The number of aldehydes is 1. The van der Waals surface area contributed by atoms with Crippen molar-refractivity contribution in [1.29, 1.82) is 0 Å². The van der Waals surface area contributed by atoms with E-state index in [0.717, 1.165) is 24.8 Å². The summed E-state index contributed by atoms with van der Waals surface area (Å²) in [5, 5.41) is 24.6. The minimum atomic E-state index is -1.18. The highest BCUT2D eigenvalue weighted by molar-refractivity contribution is 5.88. The third kappa shape index (κ3) is 22.9. The van der Waals surface area contributed by atoms with E-state index in [2.05, 4.69) is 29.0 Å². The zero-order valence-electron chi connectivity index (χ0n) is 26.0. The predicted molar refractivity (Wildman–Crippen MR) is 175 cm³/mol. The van der Waals surface area contributed by atoms with Crippen LogP contribution in [0.4, 0.5) is 0 Å². The van der Waals surface area contributed by atoms with Crippen molar-refractivity contribution in [3.63, 3.8) is 0 Å². The molecule has 0 radical (unpaired) electrons. The monoisotopic (exact) mass is 653 g/mol. The number of carbonyl (C=O) groups excluding carboxylic acids is 3. The molecule has 3 aromatic rings. The molecule has 3 rings (SSSR count). The lowest BCUT2D eigenvalue weighted by Gasteiger charge is -2.02. The van der Waals surface area contributed by atoms with Crippen LogP contribution in [0.2, 0.25) is 0 Å². The first-order valence-electron chi connectivity index (χ1n) is 14.6. The molecular formula is C34H43N3O10. The van der Waals surface area contributed by atoms with Gasteiger partial charge in [-0.25, -0.2) is 0 Å². The molecule has 0 aromatic heterocycles. The lowest BCUT2D eigenvalue weighted by atomic mass is 10.0. The zero-order chi connectivity index (χ0) is 35.5. The van der Waals surface area contributed by atoms with E-state index in [1.54, 1.807) is 0 Å². The first-order valence-corrected chi connectivity index (χ1v) is 14.6. The molecule has 0 bridgehead atoms. The van der Waals surface area contributed by atoms with Gasteiger partial charge < -0.3 is 37.3 Å². The lowest BCUT2D eigenvalue weighted by Crippen LogP contribution is -2.30. The number of benzene rings is 3. The van der Waals surface area contributed by atoms with Crippen molar-refractivity contribution in [2.45, 2.75) is 51.0 Å². The Morgan fingerprint density at radius 2 is 1.13 bits per heavy atom. The van der Waals surface area contributed by atoms with Crippen LogP contribution in [-0.2, 0) is 35.1 Å². The van der Waals surface area contributed by atoms with Crippen LogP contribution in [0.1, 0.15) is 54.4 Å². The summed E-state index contributed by atoms with van der Waals surface area (Å²) in [5.74, 6) is -5.24. The second-order valence-electron chi connectivity index (χ2n) is 9.64. The summed E-state index contributed by atoms with van der Waals surface area (Å²) in [6.45, 7) is 1.24. The molecule has 0 aliphatic heterocycles. The zero-order valence-corrected chi connectivity index (χ0v) is 26.0. The molecular weight excluding hydrogens is 610 g/mol. The van der Waals surface area contributed by atoms with Gasteiger partial charge >= 0.3 is 29.8 Å². The molecule has 0 aliphatic rings. The average molecular weight is 654 g/mol. The summed E-state index contributed by atoms with van der Waals surface area (Å²) in [6, 6.07) is 27.2. The van der Waals surface area contributed by atoms with E-state index < -0.39 is 61.6 Å². The molecule has 254 valence electrons. The van der Waals surface area contributed by atoms with Gasteiger partial charge in [-0.2, -0.15) is 0 Å². The Kier molecular flexibility index (Phi) is 23.1. The second kappa shape index (κ2) is 26.0. The highest BCUT2D eigenvalue weighted by Gasteiger charge is 2.13. The molecule has 0 aliphatic carbocycles. The number of rotatable bonds is 14. The van der Waals surface area contributed by atoms with Crippen LogP contribution in [0.3, 0.4) is 0 Å². The molecule has 0 unspecified atom stereocenters. The first kappa shape index (κ1) is 41.8.